The monoisotopic (exact) mass is 263 g/mol. The van der Waals surface area contributed by atoms with Crippen molar-refractivity contribution in [2.75, 3.05) is 13.7 Å². The number of fused-ring (bicyclic) bond motifs is 1. The number of unbranched alkanes of at least 4 members (excludes halogenated alkanes) is 1. The molecule has 0 bridgehead atoms. The summed E-state index contributed by atoms with van der Waals surface area (Å²) in [5.41, 5.74) is 1.10. The first-order chi connectivity index (χ1) is 9.05. The number of nitrogens with one attached hydrogen (secondary N) is 1. The molecular formula is C16H25NO2. The van der Waals surface area contributed by atoms with Crippen molar-refractivity contribution in [2.45, 2.75) is 51.7 Å². The summed E-state index contributed by atoms with van der Waals surface area (Å²) >= 11 is 0. The van der Waals surface area contributed by atoms with Crippen molar-refractivity contribution in [3.05, 3.63) is 23.8 Å². The van der Waals surface area contributed by atoms with E-state index in [2.05, 4.69) is 32.2 Å². The molecule has 1 N–H and O–H groups in total. The van der Waals surface area contributed by atoms with Gasteiger partial charge in [-0.2, -0.15) is 0 Å². The molecule has 1 aliphatic heterocycles. The summed E-state index contributed by atoms with van der Waals surface area (Å²) in [5, 5.41) is 3.65. The van der Waals surface area contributed by atoms with E-state index in [0.29, 0.717) is 6.04 Å². The van der Waals surface area contributed by atoms with Crippen LogP contribution in [0.5, 0.6) is 11.5 Å². The molecule has 0 saturated carbocycles. The third-order valence-electron chi connectivity index (χ3n) is 3.60. The number of hydrogen-bond donors (Lipinski definition) is 1. The van der Waals surface area contributed by atoms with Crippen molar-refractivity contribution in [3.63, 3.8) is 0 Å². The lowest BCUT2D eigenvalue weighted by Crippen LogP contribution is -2.39. The molecular weight excluding hydrogens is 238 g/mol. The molecule has 0 aromatic heterocycles. The van der Waals surface area contributed by atoms with Gasteiger partial charge in [0.05, 0.1) is 7.11 Å². The highest BCUT2D eigenvalue weighted by Gasteiger charge is 2.33. The maximum absolute atomic E-state index is 6.06. The molecule has 2 rings (SSSR count). The van der Waals surface area contributed by atoms with E-state index in [9.17, 15) is 0 Å². The summed E-state index contributed by atoms with van der Waals surface area (Å²) in [4.78, 5) is 0. The second-order valence-electron chi connectivity index (χ2n) is 5.83. The first-order valence-corrected chi connectivity index (χ1v) is 7.16. The van der Waals surface area contributed by atoms with Crippen LogP contribution in [0.25, 0.3) is 0 Å². The van der Waals surface area contributed by atoms with Gasteiger partial charge in [0.2, 0.25) is 0 Å². The Kier molecular flexibility index (Phi) is 4.35. The molecule has 0 radical (unpaired) electrons. The lowest BCUT2D eigenvalue weighted by Gasteiger charge is -2.38. The Labute approximate surface area is 116 Å². The lowest BCUT2D eigenvalue weighted by molar-refractivity contribution is 0.0659. The van der Waals surface area contributed by atoms with E-state index in [-0.39, 0.29) is 5.60 Å². The van der Waals surface area contributed by atoms with Crippen LogP contribution in [-0.4, -0.2) is 19.3 Å². The summed E-state index contributed by atoms with van der Waals surface area (Å²) in [5.74, 6) is 1.87. The molecule has 1 unspecified atom stereocenters. The molecule has 106 valence electrons. The average Bonchev–Trinajstić information content (AvgIpc) is 2.37. The van der Waals surface area contributed by atoms with Crippen molar-refractivity contribution < 1.29 is 9.47 Å². The fourth-order valence-electron chi connectivity index (χ4n) is 2.59. The first kappa shape index (κ1) is 14.2. The van der Waals surface area contributed by atoms with Crippen LogP contribution in [0.3, 0.4) is 0 Å². The van der Waals surface area contributed by atoms with Crippen molar-refractivity contribution in [1.82, 2.24) is 5.32 Å². The molecule has 1 aliphatic rings. The van der Waals surface area contributed by atoms with Crippen LogP contribution >= 0.6 is 0 Å². The van der Waals surface area contributed by atoms with Gasteiger partial charge in [0, 0.05) is 18.0 Å². The molecule has 0 saturated heterocycles. The molecule has 1 aromatic carbocycles. The minimum absolute atomic E-state index is 0.120. The van der Waals surface area contributed by atoms with E-state index in [1.54, 1.807) is 7.11 Å². The average molecular weight is 263 g/mol. The molecule has 1 aromatic rings. The SMILES string of the molecule is CCCCNC1CC(C)(C)Oc2ccc(OC)cc21. The highest BCUT2D eigenvalue weighted by atomic mass is 16.5. The van der Waals surface area contributed by atoms with Gasteiger partial charge >= 0.3 is 0 Å². The third-order valence-corrected chi connectivity index (χ3v) is 3.60. The predicted octanol–water partition coefficient (Wildman–Crippen LogP) is 3.69. The maximum atomic E-state index is 6.06. The molecule has 0 amide bonds. The predicted molar refractivity (Wildman–Crippen MR) is 78.0 cm³/mol. The fourth-order valence-corrected chi connectivity index (χ4v) is 2.59. The van der Waals surface area contributed by atoms with Crippen molar-refractivity contribution in [1.29, 1.82) is 0 Å². The Hall–Kier alpha value is -1.22. The standard InChI is InChI=1S/C16H25NO2/c1-5-6-9-17-14-11-16(2,3)19-15-8-7-12(18-4)10-13(14)15/h7-8,10,14,17H,5-6,9,11H2,1-4H3. The smallest absolute Gasteiger partial charge is 0.125 e. The molecule has 0 spiro atoms. The number of benzene rings is 1. The first-order valence-electron chi connectivity index (χ1n) is 7.16. The van der Waals surface area contributed by atoms with Crippen LogP contribution in [0.2, 0.25) is 0 Å². The molecule has 0 aliphatic carbocycles. The second kappa shape index (κ2) is 5.83. The van der Waals surface area contributed by atoms with E-state index in [1.165, 1.54) is 18.4 Å². The number of ether oxygens (including phenoxy) is 2. The van der Waals surface area contributed by atoms with Crippen molar-refractivity contribution in [2.24, 2.45) is 0 Å². The van der Waals surface area contributed by atoms with E-state index >= 15 is 0 Å². The molecule has 19 heavy (non-hydrogen) atoms. The Balaban J connectivity index is 2.23. The van der Waals surface area contributed by atoms with Crippen LogP contribution in [0.15, 0.2) is 18.2 Å². The largest absolute Gasteiger partial charge is 0.497 e. The van der Waals surface area contributed by atoms with Gasteiger partial charge in [-0.1, -0.05) is 13.3 Å². The van der Waals surface area contributed by atoms with Crippen molar-refractivity contribution >= 4 is 0 Å². The molecule has 3 nitrogen and oxygen atoms in total. The second-order valence-corrected chi connectivity index (χ2v) is 5.83. The van der Waals surface area contributed by atoms with E-state index in [4.69, 9.17) is 9.47 Å². The van der Waals surface area contributed by atoms with Crippen LogP contribution < -0.4 is 14.8 Å². The zero-order valence-electron chi connectivity index (χ0n) is 12.5. The summed E-state index contributed by atoms with van der Waals surface area (Å²) in [6.45, 7) is 7.56. The number of methoxy groups -OCH3 is 1. The highest BCUT2D eigenvalue weighted by molar-refractivity contribution is 5.44. The van der Waals surface area contributed by atoms with Gasteiger partial charge in [-0.25, -0.2) is 0 Å². The highest BCUT2D eigenvalue weighted by Crippen LogP contribution is 2.41. The summed E-state index contributed by atoms with van der Waals surface area (Å²) < 4.78 is 11.4. The number of hydrogen-bond acceptors (Lipinski definition) is 3. The van der Waals surface area contributed by atoms with Crippen LogP contribution in [0.4, 0.5) is 0 Å². The molecule has 1 atom stereocenters. The maximum Gasteiger partial charge on any atom is 0.125 e. The summed E-state index contributed by atoms with van der Waals surface area (Å²) in [6, 6.07) is 6.42. The summed E-state index contributed by atoms with van der Waals surface area (Å²) in [6.07, 6.45) is 3.40. The van der Waals surface area contributed by atoms with Crippen molar-refractivity contribution in [3.8, 4) is 11.5 Å². The summed E-state index contributed by atoms with van der Waals surface area (Å²) in [7, 11) is 1.70. The van der Waals surface area contributed by atoms with E-state index in [0.717, 1.165) is 24.5 Å². The Morgan fingerprint density at radius 1 is 1.42 bits per heavy atom. The van der Waals surface area contributed by atoms with Gasteiger partial charge < -0.3 is 14.8 Å². The van der Waals surface area contributed by atoms with Gasteiger partial charge in [0.25, 0.3) is 0 Å². The normalized spacial score (nSPS) is 20.5. The quantitative estimate of drug-likeness (QED) is 0.822. The van der Waals surface area contributed by atoms with Gasteiger partial charge in [-0.05, 0) is 45.0 Å². The molecule has 3 heteroatoms. The number of rotatable bonds is 5. The molecule has 1 heterocycles. The van der Waals surface area contributed by atoms with E-state index < -0.39 is 0 Å². The van der Waals surface area contributed by atoms with E-state index in [1.807, 2.05) is 12.1 Å². The zero-order valence-corrected chi connectivity index (χ0v) is 12.5. The van der Waals surface area contributed by atoms with Crippen LogP contribution in [0, 0.1) is 0 Å². The fraction of sp³-hybridized carbons (Fsp3) is 0.625. The van der Waals surface area contributed by atoms with Crippen LogP contribution in [0.1, 0.15) is 51.6 Å². The Bertz CT molecular complexity index is 429. The minimum Gasteiger partial charge on any atom is -0.497 e. The topological polar surface area (TPSA) is 30.5 Å². The van der Waals surface area contributed by atoms with Gasteiger partial charge in [-0.15, -0.1) is 0 Å². The molecule has 0 fully saturated rings. The Morgan fingerprint density at radius 2 is 2.21 bits per heavy atom. The van der Waals surface area contributed by atoms with Gasteiger partial charge in [0.1, 0.15) is 17.1 Å². The van der Waals surface area contributed by atoms with Crippen LogP contribution in [-0.2, 0) is 0 Å². The minimum atomic E-state index is -0.120. The lowest BCUT2D eigenvalue weighted by atomic mass is 9.89. The Morgan fingerprint density at radius 3 is 2.89 bits per heavy atom. The third kappa shape index (κ3) is 3.41. The van der Waals surface area contributed by atoms with Gasteiger partial charge in [0.15, 0.2) is 0 Å². The van der Waals surface area contributed by atoms with Gasteiger partial charge in [-0.3, -0.25) is 0 Å². The zero-order chi connectivity index (χ0) is 13.9.